The summed E-state index contributed by atoms with van der Waals surface area (Å²) in [5.74, 6) is 0.664. The average molecular weight is 361 g/mol. The first-order chi connectivity index (χ1) is 8.16. The molecule has 2 aromatic rings. The molecule has 4 nitrogen and oxygen atoms in total. The van der Waals surface area contributed by atoms with Gasteiger partial charge in [0.2, 0.25) is 0 Å². The van der Waals surface area contributed by atoms with Crippen molar-refractivity contribution in [2.45, 2.75) is 25.8 Å². The van der Waals surface area contributed by atoms with Crippen molar-refractivity contribution in [2.24, 2.45) is 0 Å². The van der Waals surface area contributed by atoms with Crippen LogP contribution in [-0.2, 0) is 0 Å². The molecule has 0 bridgehead atoms. The zero-order valence-corrected chi connectivity index (χ0v) is 12.1. The molecule has 1 saturated carbocycles. The Labute approximate surface area is 118 Å². The summed E-state index contributed by atoms with van der Waals surface area (Å²) in [5.41, 5.74) is 1.86. The Morgan fingerprint density at radius 3 is 2.82 bits per heavy atom. The first-order valence-electron chi connectivity index (χ1n) is 5.38. The van der Waals surface area contributed by atoms with E-state index < -0.39 is 0 Å². The highest BCUT2D eigenvalue weighted by Crippen LogP contribution is 2.37. The van der Waals surface area contributed by atoms with Crippen LogP contribution in [0.4, 0.5) is 0 Å². The molecule has 0 unspecified atom stereocenters. The van der Waals surface area contributed by atoms with Gasteiger partial charge in [-0.3, -0.25) is 0 Å². The summed E-state index contributed by atoms with van der Waals surface area (Å²) in [6.07, 6.45) is 6.06. The largest absolute Gasteiger partial charge is 0.325 e. The number of aromatic nitrogens is 4. The maximum atomic E-state index is 6.10. The van der Waals surface area contributed by atoms with Crippen LogP contribution in [0.5, 0.6) is 0 Å². The van der Waals surface area contributed by atoms with Gasteiger partial charge in [-0.2, -0.15) is 0 Å². The molecule has 0 amide bonds. The van der Waals surface area contributed by atoms with E-state index in [9.17, 15) is 0 Å². The highest BCUT2D eigenvalue weighted by molar-refractivity contribution is 14.1. The van der Waals surface area contributed by atoms with Crippen molar-refractivity contribution in [1.29, 1.82) is 0 Å². The van der Waals surface area contributed by atoms with Gasteiger partial charge in [-0.1, -0.05) is 11.6 Å². The minimum atomic E-state index is 0.511. The lowest BCUT2D eigenvalue weighted by Gasteiger charge is -2.07. The number of halogens is 2. The van der Waals surface area contributed by atoms with Gasteiger partial charge in [-0.25, -0.2) is 15.0 Å². The maximum absolute atomic E-state index is 6.10. The molecule has 1 aliphatic rings. The van der Waals surface area contributed by atoms with E-state index in [1.807, 2.05) is 13.3 Å². The van der Waals surface area contributed by atoms with E-state index in [2.05, 4.69) is 42.1 Å². The average Bonchev–Trinajstić information content (AvgIpc) is 3.03. The van der Waals surface area contributed by atoms with Crippen LogP contribution in [-0.4, -0.2) is 19.5 Å². The van der Waals surface area contributed by atoms with Crippen molar-refractivity contribution >= 4 is 34.2 Å². The summed E-state index contributed by atoms with van der Waals surface area (Å²) < 4.78 is 3.04. The molecular weight excluding hydrogens is 351 g/mol. The van der Waals surface area contributed by atoms with Crippen LogP contribution in [0.25, 0.3) is 11.5 Å². The lowest BCUT2D eigenvalue weighted by molar-refractivity contribution is 0.742. The van der Waals surface area contributed by atoms with Crippen molar-refractivity contribution in [3.8, 4) is 11.5 Å². The van der Waals surface area contributed by atoms with Gasteiger partial charge in [0.15, 0.2) is 5.82 Å². The maximum Gasteiger partial charge on any atom is 0.179 e. The molecule has 17 heavy (non-hydrogen) atoms. The third-order valence-electron chi connectivity index (χ3n) is 2.81. The summed E-state index contributed by atoms with van der Waals surface area (Å²) in [7, 11) is 0. The topological polar surface area (TPSA) is 43.6 Å². The van der Waals surface area contributed by atoms with Crippen molar-refractivity contribution in [1.82, 2.24) is 19.5 Å². The number of imidazole rings is 1. The zero-order valence-electron chi connectivity index (χ0n) is 9.19. The Hall–Kier alpha value is -0.690. The fourth-order valence-corrected chi connectivity index (χ4v) is 2.22. The highest BCUT2D eigenvalue weighted by atomic mass is 127. The minimum absolute atomic E-state index is 0.511. The fourth-order valence-electron chi connectivity index (χ4n) is 1.76. The van der Waals surface area contributed by atoms with Crippen LogP contribution in [0, 0.1) is 10.5 Å². The third-order valence-corrected chi connectivity index (χ3v) is 4.70. The van der Waals surface area contributed by atoms with E-state index in [-0.39, 0.29) is 0 Å². The molecule has 0 N–H and O–H groups in total. The van der Waals surface area contributed by atoms with Crippen molar-refractivity contribution in [2.75, 3.05) is 0 Å². The number of rotatable bonds is 2. The predicted molar refractivity (Wildman–Crippen MR) is 74.0 cm³/mol. The second-order valence-corrected chi connectivity index (χ2v) is 5.59. The quantitative estimate of drug-likeness (QED) is 0.610. The van der Waals surface area contributed by atoms with E-state index in [0.717, 1.165) is 15.0 Å². The van der Waals surface area contributed by atoms with Gasteiger partial charge in [0.25, 0.3) is 0 Å². The molecule has 0 radical (unpaired) electrons. The van der Waals surface area contributed by atoms with Gasteiger partial charge in [0.05, 0.1) is 21.8 Å². The van der Waals surface area contributed by atoms with Crippen LogP contribution < -0.4 is 0 Å². The van der Waals surface area contributed by atoms with Gasteiger partial charge in [0, 0.05) is 6.04 Å². The van der Waals surface area contributed by atoms with E-state index >= 15 is 0 Å². The molecule has 1 aliphatic carbocycles. The Morgan fingerprint density at radius 1 is 1.41 bits per heavy atom. The first kappa shape index (κ1) is 11.4. The molecule has 0 atom stereocenters. The standard InChI is InChI=1S/C11H10ClIN4/c1-6-9(13)10(12)16-11(15-6)8-4-14-5-17(8)7-2-3-7/h4-5,7H,2-3H2,1H3. The Balaban J connectivity index is 2.11. The van der Waals surface area contributed by atoms with Gasteiger partial charge >= 0.3 is 0 Å². The molecule has 3 rings (SSSR count). The van der Waals surface area contributed by atoms with Crippen LogP contribution in [0.3, 0.4) is 0 Å². The predicted octanol–water partition coefficient (Wildman–Crippen LogP) is 3.24. The first-order valence-corrected chi connectivity index (χ1v) is 6.84. The van der Waals surface area contributed by atoms with Gasteiger partial charge in [-0.15, -0.1) is 0 Å². The van der Waals surface area contributed by atoms with Gasteiger partial charge in [-0.05, 0) is 42.4 Å². The molecule has 2 aromatic heterocycles. The molecule has 6 heteroatoms. The van der Waals surface area contributed by atoms with Crippen LogP contribution in [0.2, 0.25) is 5.15 Å². The van der Waals surface area contributed by atoms with E-state index in [1.54, 1.807) is 6.20 Å². The normalized spacial score (nSPS) is 15.2. The molecule has 1 fully saturated rings. The molecule has 0 saturated heterocycles. The minimum Gasteiger partial charge on any atom is -0.325 e. The Morgan fingerprint density at radius 2 is 2.18 bits per heavy atom. The third kappa shape index (κ3) is 2.06. The number of nitrogens with zero attached hydrogens (tertiary/aromatic N) is 4. The second kappa shape index (κ2) is 4.20. The zero-order chi connectivity index (χ0) is 12.0. The second-order valence-electron chi connectivity index (χ2n) is 4.15. The number of aryl methyl sites for hydroxylation is 1. The lowest BCUT2D eigenvalue weighted by atomic mass is 10.3. The molecule has 0 spiro atoms. The van der Waals surface area contributed by atoms with Crippen LogP contribution in [0.1, 0.15) is 24.6 Å². The van der Waals surface area contributed by atoms with E-state index in [1.165, 1.54) is 12.8 Å². The van der Waals surface area contributed by atoms with Crippen molar-refractivity contribution in [3.63, 3.8) is 0 Å². The summed E-state index contributed by atoms with van der Waals surface area (Å²) in [6.45, 7) is 1.94. The number of hydrogen-bond donors (Lipinski definition) is 0. The smallest absolute Gasteiger partial charge is 0.179 e. The fraction of sp³-hybridized carbons (Fsp3) is 0.364. The highest BCUT2D eigenvalue weighted by Gasteiger charge is 2.26. The van der Waals surface area contributed by atoms with Crippen LogP contribution >= 0.6 is 34.2 Å². The monoisotopic (exact) mass is 360 g/mol. The van der Waals surface area contributed by atoms with Crippen LogP contribution in [0.15, 0.2) is 12.5 Å². The molecule has 0 aliphatic heterocycles. The van der Waals surface area contributed by atoms with Crippen molar-refractivity contribution in [3.05, 3.63) is 26.9 Å². The molecular formula is C11H10ClIN4. The van der Waals surface area contributed by atoms with Gasteiger partial charge in [0.1, 0.15) is 10.8 Å². The SMILES string of the molecule is Cc1nc(-c2cncn2C2CC2)nc(Cl)c1I. The Bertz CT molecular complexity index is 554. The number of hydrogen-bond acceptors (Lipinski definition) is 3. The lowest BCUT2D eigenvalue weighted by Crippen LogP contribution is -2.01. The molecule has 2 heterocycles. The molecule has 88 valence electrons. The van der Waals surface area contributed by atoms with Crippen molar-refractivity contribution < 1.29 is 0 Å². The Kier molecular flexibility index (Phi) is 2.82. The van der Waals surface area contributed by atoms with E-state index in [4.69, 9.17) is 11.6 Å². The molecule has 0 aromatic carbocycles. The van der Waals surface area contributed by atoms with Gasteiger partial charge < -0.3 is 4.57 Å². The summed E-state index contributed by atoms with van der Waals surface area (Å²) >= 11 is 8.25. The summed E-state index contributed by atoms with van der Waals surface area (Å²) in [6, 6.07) is 0.564. The summed E-state index contributed by atoms with van der Waals surface area (Å²) in [4.78, 5) is 13.0. The van der Waals surface area contributed by atoms with E-state index in [0.29, 0.717) is 17.0 Å². The summed E-state index contributed by atoms with van der Waals surface area (Å²) in [5, 5.41) is 0.511.